The number of amides is 1. The summed E-state index contributed by atoms with van der Waals surface area (Å²) in [5.74, 6) is 0.0976. The number of carbonyl (C=O) groups is 1. The van der Waals surface area contributed by atoms with Gasteiger partial charge in [-0.25, -0.2) is 0 Å². The molecule has 6 N–H and O–H groups in total. The lowest BCUT2D eigenvalue weighted by molar-refractivity contribution is 0.102. The zero-order valence-corrected chi connectivity index (χ0v) is 19.0. The Balaban J connectivity index is 2.01. The van der Waals surface area contributed by atoms with E-state index in [1.165, 1.54) is 7.11 Å². The molecule has 1 saturated heterocycles. The molecule has 1 heterocycles. The molecule has 3 rings (SSSR count). The Kier molecular flexibility index (Phi) is 7.32. The van der Waals surface area contributed by atoms with Gasteiger partial charge in [-0.2, -0.15) is 0 Å². The van der Waals surface area contributed by atoms with Crippen LogP contribution in [0.25, 0.3) is 0 Å². The molecule has 0 atom stereocenters. The summed E-state index contributed by atoms with van der Waals surface area (Å²) in [7, 11) is 4.86. The molecule has 0 aromatic heterocycles. The first kappa shape index (κ1) is 23.1. The van der Waals surface area contributed by atoms with Crippen LogP contribution in [0, 0.1) is 6.92 Å². The number of aliphatic imine (C=N–C) groups is 2. The molecule has 2 aromatic rings. The fourth-order valence-electron chi connectivity index (χ4n) is 3.87. The van der Waals surface area contributed by atoms with Crippen molar-refractivity contribution in [1.82, 2.24) is 5.32 Å². The molecule has 9 nitrogen and oxygen atoms in total. The maximum atomic E-state index is 13.2. The Labute approximate surface area is 188 Å². The fraction of sp³-hybridized carbons (Fsp3) is 0.348. The van der Waals surface area contributed by atoms with Crippen molar-refractivity contribution in [2.24, 2.45) is 9.98 Å². The van der Waals surface area contributed by atoms with Gasteiger partial charge in [0.15, 0.2) is 5.75 Å². The Bertz CT molecular complexity index is 1060. The lowest BCUT2D eigenvalue weighted by Gasteiger charge is -2.31. The SMILES string of the molecule is CN=Cc1c(N2CCNCC2)ccc(C(=O)Nc2cc(C)c(N)c(C=NC)c2OC)c1N. The molecular weight excluding hydrogens is 406 g/mol. The predicted octanol–water partition coefficient (Wildman–Crippen LogP) is 1.93. The molecule has 0 unspecified atom stereocenters. The maximum absolute atomic E-state index is 13.2. The van der Waals surface area contributed by atoms with Crippen LogP contribution in [0.5, 0.6) is 5.75 Å². The number of methoxy groups -OCH3 is 1. The lowest BCUT2D eigenvalue weighted by Crippen LogP contribution is -2.44. The zero-order valence-electron chi connectivity index (χ0n) is 19.0. The van der Waals surface area contributed by atoms with Crippen molar-refractivity contribution >= 4 is 41.1 Å². The molecule has 0 aliphatic carbocycles. The van der Waals surface area contributed by atoms with Crippen LogP contribution in [-0.4, -0.2) is 65.7 Å². The minimum atomic E-state index is -0.345. The predicted molar refractivity (Wildman–Crippen MR) is 133 cm³/mol. The second kappa shape index (κ2) is 10.1. The van der Waals surface area contributed by atoms with E-state index >= 15 is 0 Å². The summed E-state index contributed by atoms with van der Waals surface area (Å²) < 4.78 is 5.54. The fourth-order valence-corrected chi connectivity index (χ4v) is 3.87. The smallest absolute Gasteiger partial charge is 0.257 e. The summed E-state index contributed by atoms with van der Waals surface area (Å²) in [6.45, 7) is 5.37. The number of nitrogens with two attached hydrogens (primary N) is 2. The van der Waals surface area contributed by atoms with Gasteiger partial charge in [0.25, 0.3) is 5.91 Å². The number of nitrogen functional groups attached to an aromatic ring is 2. The van der Waals surface area contributed by atoms with Gasteiger partial charge in [0.2, 0.25) is 0 Å². The van der Waals surface area contributed by atoms with Crippen molar-refractivity contribution < 1.29 is 9.53 Å². The molecule has 0 spiro atoms. The molecule has 1 aliphatic rings. The first-order valence-corrected chi connectivity index (χ1v) is 10.4. The van der Waals surface area contributed by atoms with Crippen LogP contribution in [0.1, 0.15) is 27.0 Å². The summed E-state index contributed by atoms with van der Waals surface area (Å²) in [6.07, 6.45) is 3.32. The van der Waals surface area contributed by atoms with Gasteiger partial charge in [0.05, 0.1) is 29.6 Å². The number of nitrogens with zero attached hydrogens (tertiary/aromatic N) is 3. The van der Waals surface area contributed by atoms with Crippen molar-refractivity contribution in [3.63, 3.8) is 0 Å². The number of benzene rings is 2. The Morgan fingerprint density at radius 2 is 1.78 bits per heavy atom. The third-order valence-corrected chi connectivity index (χ3v) is 5.50. The first-order valence-electron chi connectivity index (χ1n) is 10.4. The highest BCUT2D eigenvalue weighted by atomic mass is 16.5. The average Bonchev–Trinajstić information content (AvgIpc) is 2.79. The quantitative estimate of drug-likeness (QED) is 0.403. The molecule has 0 bridgehead atoms. The zero-order chi connectivity index (χ0) is 23.3. The van der Waals surface area contributed by atoms with Gasteiger partial charge >= 0.3 is 0 Å². The molecule has 32 heavy (non-hydrogen) atoms. The molecule has 9 heteroatoms. The number of rotatable bonds is 6. The summed E-state index contributed by atoms with van der Waals surface area (Å²) in [6, 6.07) is 5.45. The van der Waals surface area contributed by atoms with Gasteiger partial charge in [-0.05, 0) is 30.7 Å². The van der Waals surface area contributed by atoms with Crippen molar-refractivity contribution in [3.05, 3.63) is 40.5 Å². The third-order valence-electron chi connectivity index (χ3n) is 5.50. The van der Waals surface area contributed by atoms with E-state index in [1.54, 1.807) is 38.7 Å². The normalized spacial score (nSPS) is 14.3. The number of hydrogen-bond acceptors (Lipinski definition) is 8. The van der Waals surface area contributed by atoms with E-state index in [0.29, 0.717) is 33.9 Å². The summed E-state index contributed by atoms with van der Waals surface area (Å²) in [4.78, 5) is 23.7. The van der Waals surface area contributed by atoms with Crippen molar-refractivity contribution in [1.29, 1.82) is 0 Å². The number of hydrogen-bond donors (Lipinski definition) is 4. The molecule has 0 radical (unpaired) electrons. The number of nitrogens with one attached hydrogen (secondary N) is 2. The van der Waals surface area contributed by atoms with Crippen LogP contribution in [0.4, 0.5) is 22.7 Å². The minimum absolute atomic E-state index is 0.345. The van der Waals surface area contributed by atoms with Gasteiger partial charge in [-0.15, -0.1) is 0 Å². The van der Waals surface area contributed by atoms with Gasteiger partial charge in [0, 0.05) is 69.6 Å². The van der Waals surface area contributed by atoms with E-state index in [4.69, 9.17) is 16.2 Å². The highest BCUT2D eigenvalue weighted by molar-refractivity contribution is 6.12. The van der Waals surface area contributed by atoms with E-state index in [-0.39, 0.29) is 5.91 Å². The van der Waals surface area contributed by atoms with Crippen LogP contribution in [0.3, 0.4) is 0 Å². The number of piperazine rings is 1. The highest BCUT2D eigenvalue weighted by Gasteiger charge is 2.22. The highest BCUT2D eigenvalue weighted by Crippen LogP contribution is 2.36. The monoisotopic (exact) mass is 437 g/mol. The summed E-state index contributed by atoms with van der Waals surface area (Å²) in [5.41, 5.74) is 17.6. The molecule has 2 aromatic carbocycles. The molecular formula is C23H31N7O2. The van der Waals surface area contributed by atoms with Gasteiger partial charge in [-0.3, -0.25) is 14.8 Å². The average molecular weight is 438 g/mol. The second-order valence-electron chi connectivity index (χ2n) is 7.53. The molecule has 1 amide bonds. The third kappa shape index (κ3) is 4.52. The van der Waals surface area contributed by atoms with E-state index in [1.807, 2.05) is 13.0 Å². The van der Waals surface area contributed by atoms with Crippen molar-refractivity contribution in [2.45, 2.75) is 6.92 Å². The van der Waals surface area contributed by atoms with Gasteiger partial charge < -0.3 is 31.7 Å². The Morgan fingerprint density at radius 1 is 1.12 bits per heavy atom. The summed E-state index contributed by atoms with van der Waals surface area (Å²) in [5, 5.41) is 6.26. The largest absolute Gasteiger partial charge is 0.494 e. The van der Waals surface area contributed by atoms with Gasteiger partial charge in [-0.1, -0.05) is 0 Å². The van der Waals surface area contributed by atoms with E-state index in [0.717, 1.165) is 43.0 Å². The van der Waals surface area contributed by atoms with Crippen LogP contribution in [-0.2, 0) is 0 Å². The minimum Gasteiger partial charge on any atom is -0.494 e. The standard InChI is InChI=1S/C23H31N7O2/c1-14-11-18(22(32-4)17(13-27-3)20(14)24)29-23(31)15-5-6-19(16(12-26-2)21(15)25)30-9-7-28-8-10-30/h5-6,11-13,28H,7-10,24-25H2,1-4H3,(H,29,31). The van der Waals surface area contributed by atoms with Crippen LogP contribution >= 0.6 is 0 Å². The Morgan fingerprint density at radius 3 is 2.41 bits per heavy atom. The maximum Gasteiger partial charge on any atom is 0.257 e. The number of carbonyl (C=O) groups excluding carboxylic acids is 1. The van der Waals surface area contributed by atoms with Gasteiger partial charge in [0.1, 0.15) is 0 Å². The van der Waals surface area contributed by atoms with E-state index < -0.39 is 0 Å². The molecule has 0 saturated carbocycles. The van der Waals surface area contributed by atoms with E-state index in [9.17, 15) is 4.79 Å². The summed E-state index contributed by atoms with van der Waals surface area (Å²) >= 11 is 0. The number of aryl methyl sites for hydroxylation is 1. The number of ether oxygens (including phenoxy) is 1. The number of anilines is 4. The second-order valence-corrected chi connectivity index (χ2v) is 7.53. The molecule has 170 valence electrons. The first-order chi connectivity index (χ1) is 15.4. The van der Waals surface area contributed by atoms with E-state index in [2.05, 4.69) is 25.5 Å². The lowest BCUT2D eigenvalue weighted by atomic mass is 10.0. The van der Waals surface area contributed by atoms with Crippen molar-refractivity contribution in [2.75, 3.05) is 69.1 Å². The molecule has 1 fully saturated rings. The Hall–Kier alpha value is -3.59. The van der Waals surface area contributed by atoms with Crippen LogP contribution in [0.15, 0.2) is 28.2 Å². The van der Waals surface area contributed by atoms with Crippen LogP contribution < -0.4 is 31.7 Å². The van der Waals surface area contributed by atoms with Crippen molar-refractivity contribution in [3.8, 4) is 5.75 Å². The van der Waals surface area contributed by atoms with Crippen LogP contribution in [0.2, 0.25) is 0 Å². The molecule has 1 aliphatic heterocycles. The topological polar surface area (TPSA) is 130 Å².